The minimum atomic E-state index is -0.324. The monoisotopic (exact) mass is 438 g/mol. The van der Waals surface area contributed by atoms with Crippen molar-refractivity contribution < 1.29 is 9.59 Å². The first kappa shape index (κ1) is 15.3. The van der Waals surface area contributed by atoms with Gasteiger partial charge in [-0.05, 0) is 70.3 Å². The molecule has 4 nitrogen and oxygen atoms in total. The van der Waals surface area contributed by atoms with Crippen LogP contribution in [-0.4, -0.2) is 29.3 Å². The number of imide groups is 1. The molecule has 0 radical (unpaired) electrons. The van der Waals surface area contributed by atoms with Crippen LogP contribution in [0.15, 0.2) is 35.7 Å². The van der Waals surface area contributed by atoms with Gasteiger partial charge in [0.1, 0.15) is 0 Å². The van der Waals surface area contributed by atoms with E-state index in [0.717, 1.165) is 23.1 Å². The molecule has 118 valence electrons. The predicted octanol–water partition coefficient (Wildman–Crippen LogP) is 3.04. The molecule has 0 N–H and O–H groups in total. The molecule has 1 saturated heterocycles. The zero-order chi connectivity index (χ0) is 16.0. The number of benzene rings is 1. The minimum absolute atomic E-state index is 0.0881. The average molecular weight is 438 g/mol. The molecule has 4 rings (SSSR count). The Morgan fingerprint density at radius 2 is 1.91 bits per heavy atom. The lowest BCUT2D eigenvalue weighted by atomic mass is 10.1. The summed E-state index contributed by atoms with van der Waals surface area (Å²) in [5, 5.41) is 2.10. The Morgan fingerprint density at radius 1 is 1.13 bits per heavy atom. The van der Waals surface area contributed by atoms with Gasteiger partial charge in [-0.25, -0.2) is 4.90 Å². The van der Waals surface area contributed by atoms with Gasteiger partial charge in [-0.1, -0.05) is 0 Å². The van der Waals surface area contributed by atoms with Crippen LogP contribution in [0.4, 0.5) is 5.69 Å². The Bertz CT molecular complexity index is 771. The van der Waals surface area contributed by atoms with Crippen molar-refractivity contribution in [2.45, 2.75) is 25.4 Å². The van der Waals surface area contributed by atoms with Crippen LogP contribution in [-0.2, 0) is 22.6 Å². The Labute approximate surface area is 152 Å². The van der Waals surface area contributed by atoms with E-state index in [1.54, 1.807) is 11.3 Å². The van der Waals surface area contributed by atoms with Crippen LogP contribution < -0.4 is 4.90 Å². The zero-order valence-electron chi connectivity index (χ0n) is 12.4. The molecule has 1 aromatic carbocycles. The molecule has 1 fully saturated rings. The maximum absolute atomic E-state index is 12.8. The molecule has 1 atom stereocenters. The first-order chi connectivity index (χ1) is 11.1. The van der Waals surface area contributed by atoms with E-state index in [2.05, 4.69) is 38.9 Å². The van der Waals surface area contributed by atoms with Gasteiger partial charge in [-0.2, -0.15) is 0 Å². The maximum atomic E-state index is 12.8. The molecular weight excluding hydrogens is 423 g/mol. The number of carbonyl (C=O) groups excluding carboxylic acids is 2. The zero-order valence-corrected chi connectivity index (χ0v) is 15.3. The molecule has 6 heteroatoms. The fourth-order valence-corrected chi connectivity index (χ4v) is 4.55. The van der Waals surface area contributed by atoms with Gasteiger partial charge in [0.05, 0.1) is 18.2 Å². The lowest BCUT2D eigenvalue weighted by molar-refractivity contribution is -0.123. The van der Waals surface area contributed by atoms with E-state index in [-0.39, 0.29) is 24.3 Å². The van der Waals surface area contributed by atoms with Crippen LogP contribution in [0.3, 0.4) is 0 Å². The molecule has 0 aliphatic carbocycles. The third-order valence-electron chi connectivity index (χ3n) is 4.49. The van der Waals surface area contributed by atoms with E-state index >= 15 is 0 Å². The first-order valence-electron chi connectivity index (χ1n) is 7.55. The summed E-state index contributed by atoms with van der Waals surface area (Å²) in [6.07, 6.45) is 1.25. The molecule has 1 aromatic heterocycles. The number of nitrogens with zero attached hydrogens (tertiary/aromatic N) is 2. The van der Waals surface area contributed by atoms with Crippen LogP contribution >= 0.6 is 33.9 Å². The summed E-state index contributed by atoms with van der Waals surface area (Å²) < 4.78 is 1.09. The highest BCUT2D eigenvalue weighted by molar-refractivity contribution is 14.1. The van der Waals surface area contributed by atoms with Crippen LogP contribution in [0, 0.1) is 3.57 Å². The van der Waals surface area contributed by atoms with Crippen molar-refractivity contribution in [2.24, 2.45) is 0 Å². The molecule has 2 aliphatic heterocycles. The van der Waals surface area contributed by atoms with Gasteiger partial charge >= 0.3 is 0 Å². The fourth-order valence-electron chi connectivity index (χ4n) is 3.30. The molecule has 2 aliphatic rings. The van der Waals surface area contributed by atoms with Crippen LogP contribution in [0.1, 0.15) is 16.9 Å². The van der Waals surface area contributed by atoms with Gasteiger partial charge in [0.2, 0.25) is 5.91 Å². The number of halogens is 1. The largest absolute Gasteiger partial charge is 0.287 e. The Morgan fingerprint density at radius 3 is 2.70 bits per heavy atom. The van der Waals surface area contributed by atoms with Crippen molar-refractivity contribution in [3.63, 3.8) is 0 Å². The molecule has 2 aromatic rings. The van der Waals surface area contributed by atoms with Gasteiger partial charge in [-0.15, -0.1) is 11.3 Å². The lowest BCUT2D eigenvalue weighted by Crippen LogP contribution is -2.44. The molecule has 1 unspecified atom stereocenters. The van der Waals surface area contributed by atoms with E-state index in [1.165, 1.54) is 15.3 Å². The van der Waals surface area contributed by atoms with E-state index < -0.39 is 0 Å². The van der Waals surface area contributed by atoms with Crippen molar-refractivity contribution in [1.82, 2.24) is 4.90 Å². The molecule has 2 amide bonds. The summed E-state index contributed by atoms with van der Waals surface area (Å²) >= 11 is 3.99. The molecule has 0 spiro atoms. The van der Waals surface area contributed by atoms with Crippen molar-refractivity contribution in [2.75, 3.05) is 11.4 Å². The number of carbonyl (C=O) groups is 2. The van der Waals surface area contributed by atoms with E-state index in [0.29, 0.717) is 5.69 Å². The standard InChI is InChI=1S/C17H15IN2O2S/c18-12-1-3-13(4-2-12)20-16(21)9-14(17(20)22)19-7-5-15-11(10-19)6-8-23-15/h1-4,6,8,14H,5,7,9-10H2. The van der Waals surface area contributed by atoms with Gasteiger partial charge < -0.3 is 0 Å². The summed E-state index contributed by atoms with van der Waals surface area (Å²) in [6, 6.07) is 9.32. The van der Waals surface area contributed by atoms with E-state index in [4.69, 9.17) is 0 Å². The second kappa shape index (κ2) is 5.99. The topological polar surface area (TPSA) is 40.6 Å². The number of hydrogen-bond donors (Lipinski definition) is 0. The van der Waals surface area contributed by atoms with Gasteiger partial charge in [-0.3, -0.25) is 14.5 Å². The smallest absolute Gasteiger partial charge is 0.251 e. The van der Waals surface area contributed by atoms with Gasteiger partial charge in [0.15, 0.2) is 0 Å². The van der Waals surface area contributed by atoms with Crippen molar-refractivity contribution >= 4 is 51.4 Å². The fraction of sp³-hybridized carbons (Fsp3) is 0.294. The highest BCUT2D eigenvalue weighted by Gasteiger charge is 2.43. The van der Waals surface area contributed by atoms with Crippen LogP contribution in [0.5, 0.6) is 0 Å². The quantitative estimate of drug-likeness (QED) is 0.535. The summed E-state index contributed by atoms with van der Waals surface area (Å²) in [4.78, 5) is 30.1. The summed E-state index contributed by atoms with van der Waals surface area (Å²) in [7, 11) is 0. The molecule has 3 heterocycles. The Balaban J connectivity index is 1.57. The third-order valence-corrected chi connectivity index (χ3v) is 6.23. The van der Waals surface area contributed by atoms with Crippen LogP contribution in [0.25, 0.3) is 0 Å². The number of amides is 2. The molecular formula is C17H15IN2O2S. The summed E-state index contributed by atoms with van der Waals surface area (Å²) in [5.74, 6) is -0.188. The predicted molar refractivity (Wildman–Crippen MR) is 98.5 cm³/mol. The number of rotatable bonds is 2. The molecule has 23 heavy (non-hydrogen) atoms. The molecule has 0 bridgehead atoms. The van der Waals surface area contributed by atoms with E-state index in [1.807, 2.05) is 24.3 Å². The highest BCUT2D eigenvalue weighted by Crippen LogP contribution is 2.31. The van der Waals surface area contributed by atoms with Crippen molar-refractivity contribution in [1.29, 1.82) is 0 Å². The van der Waals surface area contributed by atoms with Crippen molar-refractivity contribution in [3.05, 3.63) is 49.7 Å². The van der Waals surface area contributed by atoms with Gasteiger partial charge in [0, 0.05) is 21.5 Å². The molecule has 0 saturated carbocycles. The maximum Gasteiger partial charge on any atom is 0.251 e. The minimum Gasteiger partial charge on any atom is -0.287 e. The van der Waals surface area contributed by atoms with E-state index in [9.17, 15) is 9.59 Å². The Kier molecular flexibility index (Phi) is 3.98. The average Bonchev–Trinajstić information content (AvgIpc) is 3.12. The number of fused-ring (bicyclic) bond motifs is 1. The summed E-state index contributed by atoms with van der Waals surface area (Å²) in [6.45, 7) is 1.61. The normalized spacial score (nSPS) is 21.8. The first-order valence-corrected chi connectivity index (χ1v) is 9.51. The lowest BCUT2D eigenvalue weighted by Gasteiger charge is -2.30. The third kappa shape index (κ3) is 2.72. The number of thiophene rings is 1. The highest BCUT2D eigenvalue weighted by atomic mass is 127. The SMILES string of the molecule is O=C1CC(N2CCc3sccc3C2)C(=O)N1c1ccc(I)cc1. The number of hydrogen-bond acceptors (Lipinski definition) is 4. The Hall–Kier alpha value is -1.25. The summed E-state index contributed by atoms with van der Waals surface area (Å²) in [5.41, 5.74) is 1.98. The van der Waals surface area contributed by atoms with Crippen LogP contribution in [0.2, 0.25) is 0 Å². The van der Waals surface area contributed by atoms with Crippen molar-refractivity contribution in [3.8, 4) is 0 Å². The second-order valence-corrected chi connectivity index (χ2v) is 8.10. The second-order valence-electron chi connectivity index (χ2n) is 5.85. The number of anilines is 1. The van der Waals surface area contributed by atoms with Gasteiger partial charge in [0.25, 0.3) is 5.91 Å².